The summed E-state index contributed by atoms with van der Waals surface area (Å²) in [6, 6.07) is 0. The van der Waals surface area contributed by atoms with E-state index in [2.05, 4.69) is 35.9 Å². The summed E-state index contributed by atoms with van der Waals surface area (Å²) < 4.78 is 0. The average molecular weight is 293 g/mol. The van der Waals surface area contributed by atoms with E-state index in [0.29, 0.717) is 17.7 Å². The largest absolute Gasteiger partial charge is 0.325 e. The summed E-state index contributed by atoms with van der Waals surface area (Å²) in [5.74, 6) is 1.57. The van der Waals surface area contributed by atoms with Crippen molar-refractivity contribution < 1.29 is 4.79 Å². The van der Waals surface area contributed by atoms with Crippen LogP contribution < -0.4 is 5.32 Å². The first-order chi connectivity index (χ1) is 10.00. The maximum absolute atomic E-state index is 12.7. The molecular formula is C17H31N3O. The Bertz CT molecular complexity index is 385. The van der Waals surface area contributed by atoms with Crippen molar-refractivity contribution in [2.24, 2.45) is 11.8 Å². The molecule has 0 bridgehead atoms. The zero-order valence-electron chi connectivity index (χ0n) is 13.9. The van der Waals surface area contributed by atoms with Gasteiger partial charge < -0.3 is 9.80 Å². The molecule has 1 saturated carbocycles. The van der Waals surface area contributed by atoms with Crippen LogP contribution in [-0.4, -0.2) is 53.6 Å². The third kappa shape index (κ3) is 3.26. The molecule has 3 fully saturated rings. The minimum atomic E-state index is -0.160. The highest BCUT2D eigenvalue weighted by molar-refractivity contribution is 5.91. The highest BCUT2D eigenvalue weighted by Crippen LogP contribution is 2.43. The Morgan fingerprint density at radius 2 is 1.86 bits per heavy atom. The molecule has 2 heterocycles. The van der Waals surface area contributed by atoms with Crippen molar-refractivity contribution in [3.05, 3.63) is 0 Å². The fraction of sp³-hybridized carbons (Fsp3) is 0.941. The van der Waals surface area contributed by atoms with Crippen molar-refractivity contribution in [3.63, 3.8) is 0 Å². The molecule has 4 heteroatoms. The highest BCUT2D eigenvalue weighted by atomic mass is 16.2. The predicted molar refractivity (Wildman–Crippen MR) is 84.9 cm³/mol. The molecule has 2 unspecified atom stereocenters. The van der Waals surface area contributed by atoms with E-state index < -0.39 is 0 Å². The monoisotopic (exact) mass is 293 g/mol. The van der Waals surface area contributed by atoms with Gasteiger partial charge in [-0.3, -0.25) is 10.1 Å². The number of nitrogens with zero attached hydrogens (tertiary/aromatic N) is 2. The molecular weight excluding hydrogens is 262 g/mol. The highest BCUT2D eigenvalue weighted by Gasteiger charge is 2.58. The first-order valence-corrected chi connectivity index (χ1v) is 8.81. The van der Waals surface area contributed by atoms with Crippen LogP contribution in [0.5, 0.6) is 0 Å². The topological polar surface area (TPSA) is 35.6 Å². The molecule has 3 aliphatic rings. The van der Waals surface area contributed by atoms with Crippen molar-refractivity contribution in [1.29, 1.82) is 0 Å². The van der Waals surface area contributed by atoms with Gasteiger partial charge in [-0.2, -0.15) is 0 Å². The van der Waals surface area contributed by atoms with E-state index in [9.17, 15) is 4.79 Å². The van der Waals surface area contributed by atoms with E-state index in [1.54, 1.807) is 0 Å². The maximum Gasteiger partial charge on any atom is 0.244 e. The molecule has 1 N–H and O–H groups in total. The van der Waals surface area contributed by atoms with Gasteiger partial charge in [-0.15, -0.1) is 0 Å². The molecule has 2 aliphatic heterocycles. The minimum absolute atomic E-state index is 0.160. The summed E-state index contributed by atoms with van der Waals surface area (Å²) >= 11 is 0. The van der Waals surface area contributed by atoms with Gasteiger partial charge in [-0.05, 0) is 57.0 Å². The Kier molecular flexibility index (Phi) is 4.28. The fourth-order valence-electron chi connectivity index (χ4n) is 4.00. The molecule has 0 radical (unpaired) electrons. The van der Waals surface area contributed by atoms with E-state index >= 15 is 0 Å². The van der Waals surface area contributed by atoms with Crippen molar-refractivity contribution in [3.8, 4) is 0 Å². The number of hydrogen-bond donors (Lipinski definition) is 1. The number of rotatable bonds is 6. The SMILES string of the molecule is CC(C)CC1NC2(CC2)C(=O)N1CC(C)CN1CCCC1. The zero-order chi connectivity index (χ0) is 15.0. The molecule has 3 rings (SSSR count). The molecule has 2 saturated heterocycles. The van der Waals surface area contributed by atoms with Crippen LogP contribution in [-0.2, 0) is 4.79 Å². The summed E-state index contributed by atoms with van der Waals surface area (Å²) in [5, 5.41) is 3.63. The Labute approximate surface area is 129 Å². The molecule has 1 aliphatic carbocycles. The van der Waals surface area contributed by atoms with E-state index in [1.807, 2.05) is 0 Å². The van der Waals surface area contributed by atoms with Crippen LogP contribution >= 0.6 is 0 Å². The van der Waals surface area contributed by atoms with Crippen molar-refractivity contribution in [2.75, 3.05) is 26.2 Å². The third-order valence-electron chi connectivity index (χ3n) is 5.21. The first kappa shape index (κ1) is 15.3. The molecule has 1 amide bonds. The molecule has 0 aromatic rings. The van der Waals surface area contributed by atoms with Crippen LogP contribution in [0.3, 0.4) is 0 Å². The van der Waals surface area contributed by atoms with E-state index in [4.69, 9.17) is 0 Å². The molecule has 0 aromatic carbocycles. The summed E-state index contributed by atoms with van der Waals surface area (Å²) in [6.07, 6.45) is 6.10. The molecule has 1 spiro atoms. The Morgan fingerprint density at radius 1 is 1.19 bits per heavy atom. The maximum atomic E-state index is 12.7. The van der Waals surface area contributed by atoms with Crippen molar-refractivity contribution in [2.45, 2.75) is 64.6 Å². The van der Waals surface area contributed by atoms with Gasteiger partial charge in [-0.1, -0.05) is 20.8 Å². The smallest absolute Gasteiger partial charge is 0.244 e. The van der Waals surface area contributed by atoms with Gasteiger partial charge in [0.2, 0.25) is 5.91 Å². The number of nitrogens with one attached hydrogen (secondary N) is 1. The molecule has 4 nitrogen and oxygen atoms in total. The van der Waals surface area contributed by atoms with Gasteiger partial charge in [0.25, 0.3) is 0 Å². The molecule has 21 heavy (non-hydrogen) atoms. The number of hydrogen-bond acceptors (Lipinski definition) is 3. The number of likely N-dealkylation sites (tertiary alicyclic amines) is 1. The van der Waals surface area contributed by atoms with Gasteiger partial charge in [0.05, 0.1) is 11.7 Å². The Balaban J connectivity index is 1.59. The Morgan fingerprint density at radius 3 is 2.43 bits per heavy atom. The quantitative estimate of drug-likeness (QED) is 0.814. The number of carbonyl (C=O) groups excluding carboxylic acids is 1. The van der Waals surface area contributed by atoms with E-state index in [0.717, 1.165) is 32.4 Å². The van der Waals surface area contributed by atoms with E-state index in [1.165, 1.54) is 25.9 Å². The summed E-state index contributed by atoms with van der Waals surface area (Å²) in [4.78, 5) is 17.4. The standard InChI is InChI=1S/C17H31N3O/c1-13(2)10-15-18-17(6-7-17)16(21)20(15)12-14(3)11-19-8-4-5-9-19/h13-15,18H,4-12H2,1-3H3. The lowest BCUT2D eigenvalue weighted by Gasteiger charge is -2.30. The van der Waals surface area contributed by atoms with Gasteiger partial charge in [0, 0.05) is 13.1 Å². The van der Waals surface area contributed by atoms with Crippen LogP contribution in [0.2, 0.25) is 0 Å². The summed E-state index contributed by atoms with van der Waals surface area (Å²) in [7, 11) is 0. The number of amides is 1. The average Bonchev–Trinajstić information content (AvgIpc) is 2.93. The second-order valence-electron chi connectivity index (χ2n) is 7.94. The second-order valence-corrected chi connectivity index (χ2v) is 7.94. The van der Waals surface area contributed by atoms with Crippen LogP contribution in [0.25, 0.3) is 0 Å². The van der Waals surface area contributed by atoms with Gasteiger partial charge in [0.1, 0.15) is 0 Å². The lowest BCUT2D eigenvalue weighted by Crippen LogP contribution is -2.42. The third-order valence-corrected chi connectivity index (χ3v) is 5.21. The predicted octanol–water partition coefficient (Wildman–Crippen LogP) is 2.05. The lowest BCUT2D eigenvalue weighted by atomic mass is 10.1. The second kappa shape index (κ2) is 5.88. The summed E-state index contributed by atoms with van der Waals surface area (Å²) in [6.45, 7) is 11.3. The zero-order valence-corrected chi connectivity index (χ0v) is 13.9. The molecule has 0 aromatic heterocycles. The van der Waals surface area contributed by atoms with Crippen LogP contribution in [0.1, 0.15) is 52.9 Å². The van der Waals surface area contributed by atoms with Gasteiger partial charge >= 0.3 is 0 Å². The van der Waals surface area contributed by atoms with Gasteiger partial charge in [0.15, 0.2) is 0 Å². The molecule has 2 atom stereocenters. The van der Waals surface area contributed by atoms with Crippen molar-refractivity contribution >= 4 is 5.91 Å². The van der Waals surface area contributed by atoms with E-state index in [-0.39, 0.29) is 11.7 Å². The summed E-state index contributed by atoms with van der Waals surface area (Å²) in [5.41, 5.74) is -0.160. The van der Waals surface area contributed by atoms with Crippen LogP contribution in [0.4, 0.5) is 0 Å². The molecule has 120 valence electrons. The fourth-order valence-corrected chi connectivity index (χ4v) is 4.00. The van der Waals surface area contributed by atoms with Crippen LogP contribution in [0, 0.1) is 11.8 Å². The number of carbonyl (C=O) groups is 1. The lowest BCUT2D eigenvalue weighted by molar-refractivity contribution is -0.131. The van der Waals surface area contributed by atoms with Crippen molar-refractivity contribution in [1.82, 2.24) is 15.1 Å². The first-order valence-electron chi connectivity index (χ1n) is 8.81. The normalized spacial score (nSPS) is 29.8. The minimum Gasteiger partial charge on any atom is -0.325 e. The van der Waals surface area contributed by atoms with Gasteiger partial charge in [-0.25, -0.2) is 0 Å². The Hall–Kier alpha value is -0.610. The van der Waals surface area contributed by atoms with Crippen LogP contribution in [0.15, 0.2) is 0 Å².